The van der Waals surface area contributed by atoms with Crippen molar-refractivity contribution in [3.63, 3.8) is 0 Å². The van der Waals surface area contributed by atoms with E-state index < -0.39 is 0 Å². The molecule has 92 valence electrons. The lowest BCUT2D eigenvalue weighted by Crippen LogP contribution is -2.20. The molecule has 1 aromatic carbocycles. The van der Waals surface area contributed by atoms with Gasteiger partial charge in [-0.05, 0) is 37.0 Å². The quantitative estimate of drug-likeness (QED) is 0.751. The molecular weight excluding hydrogens is 214 g/mol. The summed E-state index contributed by atoms with van der Waals surface area (Å²) in [4.78, 5) is 13.6. The second kappa shape index (κ2) is 5.21. The fraction of sp³-hybridized carbons (Fsp3) is 0.500. The maximum Gasteiger partial charge on any atom is 0.305 e. The molecular formula is C14H19NO2. The van der Waals surface area contributed by atoms with Gasteiger partial charge in [-0.25, -0.2) is 0 Å². The summed E-state index contributed by atoms with van der Waals surface area (Å²) in [5, 5.41) is 0. The second-order valence-corrected chi connectivity index (χ2v) is 4.72. The molecule has 1 fully saturated rings. The summed E-state index contributed by atoms with van der Waals surface area (Å²) in [6.45, 7) is 4.09. The van der Waals surface area contributed by atoms with Gasteiger partial charge in [-0.1, -0.05) is 12.1 Å². The minimum atomic E-state index is -0.0962. The zero-order chi connectivity index (χ0) is 12.3. The highest BCUT2D eigenvalue weighted by Gasteiger charge is 2.24. The zero-order valence-electron chi connectivity index (χ0n) is 10.5. The van der Waals surface area contributed by atoms with E-state index in [-0.39, 0.29) is 5.97 Å². The van der Waals surface area contributed by atoms with Gasteiger partial charge >= 0.3 is 5.97 Å². The van der Waals surface area contributed by atoms with Crippen LogP contribution in [0.25, 0.3) is 0 Å². The predicted octanol–water partition coefficient (Wildman–Crippen LogP) is 2.38. The molecule has 3 nitrogen and oxygen atoms in total. The van der Waals surface area contributed by atoms with Crippen LogP contribution in [0.2, 0.25) is 0 Å². The van der Waals surface area contributed by atoms with Gasteiger partial charge < -0.3 is 9.64 Å². The van der Waals surface area contributed by atoms with Gasteiger partial charge in [0.2, 0.25) is 0 Å². The van der Waals surface area contributed by atoms with E-state index in [0.717, 1.165) is 19.5 Å². The Morgan fingerprint density at radius 3 is 3.06 bits per heavy atom. The van der Waals surface area contributed by atoms with Crippen LogP contribution in [-0.2, 0) is 9.53 Å². The van der Waals surface area contributed by atoms with E-state index in [0.29, 0.717) is 12.3 Å². The fourth-order valence-corrected chi connectivity index (χ4v) is 2.38. The molecule has 1 saturated heterocycles. The van der Waals surface area contributed by atoms with Gasteiger partial charge in [0, 0.05) is 18.8 Å². The van der Waals surface area contributed by atoms with Crippen molar-refractivity contribution in [2.24, 2.45) is 5.92 Å². The summed E-state index contributed by atoms with van der Waals surface area (Å²) in [6.07, 6.45) is 1.61. The number of hydrogen-bond acceptors (Lipinski definition) is 3. The predicted molar refractivity (Wildman–Crippen MR) is 68.1 cm³/mol. The van der Waals surface area contributed by atoms with Gasteiger partial charge in [-0.15, -0.1) is 0 Å². The SMILES string of the molecule is COC(=O)CC1CCN(c2cccc(C)c2)C1. The fourth-order valence-electron chi connectivity index (χ4n) is 2.38. The average molecular weight is 233 g/mol. The summed E-state index contributed by atoms with van der Waals surface area (Å²) in [6, 6.07) is 8.51. The molecule has 0 radical (unpaired) electrons. The number of nitrogens with zero attached hydrogens (tertiary/aromatic N) is 1. The van der Waals surface area contributed by atoms with E-state index >= 15 is 0 Å². The number of aryl methyl sites for hydroxylation is 1. The maximum absolute atomic E-state index is 11.2. The van der Waals surface area contributed by atoms with E-state index in [1.807, 2.05) is 0 Å². The Labute approximate surface area is 102 Å². The van der Waals surface area contributed by atoms with Crippen molar-refractivity contribution < 1.29 is 9.53 Å². The van der Waals surface area contributed by atoms with Crippen molar-refractivity contribution >= 4 is 11.7 Å². The van der Waals surface area contributed by atoms with Gasteiger partial charge in [-0.2, -0.15) is 0 Å². The van der Waals surface area contributed by atoms with Crippen molar-refractivity contribution in [1.29, 1.82) is 0 Å². The first kappa shape index (κ1) is 12.0. The Balaban J connectivity index is 1.96. The summed E-state index contributed by atoms with van der Waals surface area (Å²) in [5.74, 6) is 0.337. The summed E-state index contributed by atoms with van der Waals surface area (Å²) in [5.41, 5.74) is 2.54. The highest BCUT2D eigenvalue weighted by Crippen LogP contribution is 2.26. The summed E-state index contributed by atoms with van der Waals surface area (Å²) < 4.78 is 4.71. The summed E-state index contributed by atoms with van der Waals surface area (Å²) >= 11 is 0. The van der Waals surface area contributed by atoms with Crippen molar-refractivity contribution in [2.45, 2.75) is 19.8 Å². The van der Waals surface area contributed by atoms with E-state index in [1.165, 1.54) is 18.4 Å². The molecule has 1 aliphatic rings. The van der Waals surface area contributed by atoms with Gasteiger partial charge in [0.25, 0.3) is 0 Å². The third-order valence-corrected chi connectivity index (χ3v) is 3.34. The molecule has 1 heterocycles. The van der Waals surface area contributed by atoms with E-state index in [9.17, 15) is 4.79 Å². The van der Waals surface area contributed by atoms with Crippen LogP contribution in [0.4, 0.5) is 5.69 Å². The van der Waals surface area contributed by atoms with Crippen molar-refractivity contribution in [3.8, 4) is 0 Å². The lowest BCUT2D eigenvalue weighted by Gasteiger charge is -2.19. The van der Waals surface area contributed by atoms with Crippen LogP contribution in [0.5, 0.6) is 0 Å². The van der Waals surface area contributed by atoms with Crippen molar-refractivity contribution in [2.75, 3.05) is 25.1 Å². The normalized spacial score (nSPS) is 19.4. The average Bonchev–Trinajstić information content (AvgIpc) is 2.77. The molecule has 17 heavy (non-hydrogen) atoms. The zero-order valence-corrected chi connectivity index (χ0v) is 10.5. The molecule has 0 amide bonds. The van der Waals surface area contributed by atoms with Crippen molar-refractivity contribution in [1.82, 2.24) is 0 Å². The van der Waals surface area contributed by atoms with Gasteiger partial charge in [0.05, 0.1) is 13.5 Å². The molecule has 1 unspecified atom stereocenters. The number of carbonyl (C=O) groups excluding carboxylic acids is 1. The molecule has 1 atom stereocenters. The van der Waals surface area contributed by atoms with Gasteiger partial charge in [0.15, 0.2) is 0 Å². The Morgan fingerprint density at radius 2 is 2.35 bits per heavy atom. The lowest BCUT2D eigenvalue weighted by molar-refractivity contribution is -0.141. The number of rotatable bonds is 3. The molecule has 0 N–H and O–H groups in total. The molecule has 0 aliphatic carbocycles. The number of ether oxygens (including phenoxy) is 1. The first-order valence-corrected chi connectivity index (χ1v) is 6.07. The highest BCUT2D eigenvalue weighted by molar-refractivity contribution is 5.69. The molecule has 2 rings (SSSR count). The Kier molecular flexibility index (Phi) is 3.67. The smallest absolute Gasteiger partial charge is 0.305 e. The van der Waals surface area contributed by atoms with Crippen LogP contribution in [0.1, 0.15) is 18.4 Å². The van der Waals surface area contributed by atoms with E-state index in [2.05, 4.69) is 36.1 Å². The number of methoxy groups -OCH3 is 1. The number of esters is 1. The molecule has 0 aromatic heterocycles. The third-order valence-electron chi connectivity index (χ3n) is 3.34. The Morgan fingerprint density at radius 1 is 1.53 bits per heavy atom. The lowest BCUT2D eigenvalue weighted by atomic mass is 10.1. The van der Waals surface area contributed by atoms with Crippen LogP contribution < -0.4 is 4.90 Å². The minimum absolute atomic E-state index is 0.0962. The first-order chi connectivity index (χ1) is 8.19. The first-order valence-electron chi connectivity index (χ1n) is 6.07. The maximum atomic E-state index is 11.2. The molecule has 3 heteroatoms. The van der Waals surface area contributed by atoms with Crippen molar-refractivity contribution in [3.05, 3.63) is 29.8 Å². The van der Waals surface area contributed by atoms with Gasteiger partial charge in [-0.3, -0.25) is 4.79 Å². The van der Waals surface area contributed by atoms with Crippen LogP contribution in [-0.4, -0.2) is 26.2 Å². The third kappa shape index (κ3) is 2.99. The molecule has 0 spiro atoms. The van der Waals surface area contributed by atoms with E-state index in [1.54, 1.807) is 0 Å². The minimum Gasteiger partial charge on any atom is -0.469 e. The Bertz CT molecular complexity index is 403. The largest absolute Gasteiger partial charge is 0.469 e. The Hall–Kier alpha value is -1.51. The number of anilines is 1. The number of benzene rings is 1. The van der Waals surface area contributed by atoms with Crippen LogP contribution in [0.15, 0.2) is 24.3 Å². The topological polar surface area (TPSA) is 29.5 Å². The number of hydrogen-bond donors (Lipinski definition) is 0. The second-order valence-electron chi connectivity index (χ2n) is 4.72. The van der Waals surface area contributed by atoms with Crippen LogP contribution in [0, 0.1) is 12.8 Å². The standard InChI is InChI=1S/C14H19NO2/c1-11-4-3-5-13(8-11)15-7-6-12(10-15)9-14(16)17-2/h3-5,8,12H,6-7,9-10H2,1-2H3. The van der Waals surface area contributed by atoms with Gasteiger partial charge in [0.1, 0.15) is 0 Å². The monoisotopic (exact) mass is 233 g/mol. The molecule has 0 bridgehead atoms. The van der Waals surface area contributed by atoms with Crippen LogP contribution >= 0.6 is 0 Å². The highest BCUT2D eigenvalue weighted by atomic mass is 16.5. The number of carbonyl (C=O) groups is 1. The van der Waals surface area contributed by atoms with E-state index in [4.69, 9.17) is 4.74 Å². The molecule has 1 aromatic rings. The molecule has 0 saturated carbocycles. The van der Waals surface area contributed by atoms with Crippen LogP contribution in [0.3, 0.4) is 0 Å². The molecule has 1 aliphatic heterocycles. The summed E-state index contributed by atoms with van der Waals surface area (Å²) in [7, 11) is 1.45.